The first-order chi connectivity index (χ1) is 9.11. The fourth-order valence-corrected chi connectivity index (χ4v) is 2.58. The monoisotopic (exact) mass is 262 g/mol. The van der Waals surface area contributed by atoms with Gasteiger partial charge in [0.25, 0.3) is 0 Å². The fraction of sp³-hybridized carbons (Fsp3) is 0.562. The van der Waals surface area contributed by atoms with Crippen molar-refractivity contribution in [2.24, 2.45) is 0 Å². The Kier molecular flexibility index (Phi) is 4.46. The van der Waals surface area contributed by atoms with Crippen molar-refractivity contribution < 1.29 is 14.3 Å². The maximum Gasteiger partial charge on any atom is 0.305 e. The van der Waals surface area contributed by atoms with E-state index in [0.29, 0.717) is 12.8 Å². The number of hydrogen-bond acceptors (Lipinski definition) is 3. The van der Waals surface area contributed by atoms with Crippen molar-refractivity contribution in [2.75, 3.05) is 7.11 Å². The molecule has 1 fully saturated rings. The summed E-state index contributed by atoms with van der Waals surface area (Å²) in [6, 6.07) is 8.04. The molecular formula is C16H22O3. The molecule has 0 heterocycles. The van der Waals surface area contributed by atoms with E-state index in [1.807, 2.05) is 24.3 Å². The SMILES string of the molecule is COC(=O)CCc1ccc(OC2(C)CCCC2)cc1. The summed E-state index contributed by atoms with van der Waals surface area (Å²) in [7, 11) is 1.42. The Labute approximate surface area is 114 Å². The van der Waals surface area contributed by atoms with E-state index in [4.69, 9.17) is 4.74 Å². The number of hydrogen-bond donors (Lipinski definition) is 0. The van der Waals surface area contributed by atoms with Crippen molar-refractivity contribution in [3.63, 3.8) is 0 Å². The molecule has 0 saturated heterocycles. The molecule has 0 amide bonds. The summed E-state index contributed by atoms with van der Waals surface area (Å²) in [6.45, 7) is 2.19. The molecule has 1 aliphatic carbocycles. The molecule has 3 nitrogen and oxygen atoms in total. The highest BCUT2D eigenvalue weighted by Gasteiger charge is 2.30. The van der Waals surface area contributed by atoms with Gasteiger partial charge in [0.15, 0.2) is 0 Å². The summed E-state index contributed by atoms with van der Waals surface area (Å²) in [5, 5.41) is 0. The van der Waals surface area contributed by atoms with Gasteiger partial charge in [-0.25, -0.2) is 0 Å². The Balaban J connectivity index is 1.89. The second-order valence-corrected chi connectivity index (χ2v) is 5.48. The molecule has 1 aromatic carbocycles. The van der Waals surface area contributed by atoms with Gasteiger partial charge in [-0.2, -0.15) is 0 Å². The van der Waals surface area contributed by atoms with Crippen molar-refractivity contribution in [1.82, 2.24) is 0 Å². The van der Waals surface area contributed by atoms with E-state index in [9.17, 15) is 4.79 Å². The van der Waals surface area contributed by atoms with E-state index < -0.39 is 0 Å². The maximum absolute atomic E-state index is 11.1. The first kappa shape index (κ1) is 13.9. The molecule has 3 heteroatoms. The first-order valence-corrected chi connectivity index (χ1v) is 6.96. The zero-order chi connectivity index (χ0) is 13.7. The van der Waals surface area contributed by atoms with Crippen LogP contribution >= 0.6 is 0 Å². The smallest absolute Gasteiger partial charge is 0.305 e. The van der Waals surface area contributed by atoms with Crippen LogP contribution in [0.15, 0.2) is 24.3 Å². The third-order valence-corrected chi connectivity index (χ3v) is 3.79. The van der Waals surface area contributed by atoms with Crippen LogP contribution in [0.25, 0.3) is 0 Å². The van der Waals surface area contributed by atoms with Gasteiger partial charge in [-0.15, -0.1) is 0 Å². The van der Waals surface area contributed by atoms with Crippen molar-refractivity contribution >= 4 is 5.97 Å². The Bertz CT molecular complexity index is 416. The van der Waals surface area contributed by atoms with Gasteiger partial charge in [0, 0.05) is 6.42 Å². The van der Waals surface area contributed by atoms with E-state index in [-0.39, 0.29) is 11.6 Å². The minimum absolute atomic E-state index is 0.00747. The van der Waals surface area contributed by atoms with Crippen LogP contribution in [0.1, 0.15) is 44.6 Å². The fourth-order valence-electron chi connectivity index (χ4n) is 2.58. The molecule has 1 saturated carbocycles. The van der Waals surface area contributed by atoms with E-state index in [1.165, 1.54) is 20.0 Å². The zero-order valence-electron chi connectivity index (χ0n) is 11.8. The molecule has 0 unspecified atom stereocenters. The summed E-state index contributed by atoms with van der Waals surface area (Å²) < 4.78 is 10.7. The molecule has 19 heavy (non-hydrogen) atoms. The number of ether oxygens (including phenoxy) is 2. The Hall–Kier alpha value is -1.51. The quantitative estimate of drug-likeness (QED) is 0.762. The average molecular weight is 262 g/mol. The van der Waals surface area contributed by atoms with Gasteiger partial charge in [0.05, 0.1) is 7.11 Å². The van der Waals surface area contributed by atoms with E-state index >= 15 is 0 Å². The van der Waals surface area contributed by atoms with Crippen LogP contribution in [0.5, 0.6) is 5.75 Å². The topological polar surface area (TPSA) is 35.5 Å². The normalized spacial score (nSPS) is 17.2. The van der Waals surface area contributed by atoms with Gasteiger partial charge in [-0.05, 0) is 56.7 Å². The van der Waals surface area contributed by atoms with Crippen LogP contribution in [0, 0.1) is 0 Å². The number of benzene rings is 1. The van der Waals surface area contributed by atoms with Crippen LogP contribution < -0.4 is 4.74 Å². The molecular weight excluding hydrogens is 240 g/mol. The molecule has 1 aromatic rings. The lowest BCUT2D eigenvalue weighted by atomic mass is 10.1. The van der Waals surface area contributed by atoms with Crippen molar-refractivity contribution in [3.8, 4) is 5.75 Å². The van der Waals surface area contributed by atoms with Gasteiger partial charge in [0.2, 0.25) is 0 Å². The van der Waals surface area contributed by atoms with E-state index in [0.717, 1.165) is 24.2 Å². The molecule has 0 spiro atoms. The van der Waals surface area contributed by atoms with Crippen LogP contribution in [0.3, 0.4) is 0 Å². The van der Waals surface area contributed by atoms with Crippen molar-refractivity contribution in [3.05, 3.63) is 29.8 Å². The lowest BCUT2D eigenvalue weighted by molar-refractivity contribution is -0.140. The average Bonchev–Trinajstić information content (AvgIpc) is 2.84. The number of rotatable bonds is 5. The van der Waals surface area contributed by atoms with Crippen molar-refractivity contribution in [1.29, 1.82) is 0 Å². The predicted octanol–water partition coefficient (Wildman–Crippen LogP) is 3.50. The van der Waals surface area contributed by atoms with Gasteiger partial charge in [-0.3, -0.25) is 4.79 Å². The third-order valence-electron chi connectivity index (χ3n) is 3.79. The Morgan fingerprint density at radius 1 is 1.21 bits per heavy atom. The lowest BCUT2D eigenvalue weighted by Crippen LogP contribution is -2.27. The molecule has 104 valence electrons. The number of aryl methyl sites for hydroxylation is 1. The molecule has 0 aromatic heterocycles. The van der Waals surface area contributed by atoms with E-state index in [1.54, 1.807) is 0 Å². The molecule has 1 aliphatic rings. The van der Waals surface area contributed by atoms with Crippen molar-refractivity contribution in [2.45, 2.75) is 51.0 Å². The predicted molar refractivity (Wildman–Crippen MR) is 74.3 cm³/mol. The first-order valence-electron chi connectivity index (χ1n) is 6.96. The lowest BCUT2D eigenvalue weighted by Gasteiger charge is -2.25. The highest BCUT2D eigenvalue weighted by atomic mass is 16.5. The summed E-state index contributed by atoms with van der Waals surface area (Å²) in [5.41, 5.74) is 1.14. The van der Waals surface area contributed by atoms with Gasteiger partial charge >= 0.3 is 5.97 Å². The molecule has 0 aliphatic heterocycles. The van der Waals surface area contributed by atoms with Gasteiger partial charge < -0.3 is 9.47 Å². The Morgan fingerprint density at radius 2 is 1.84 bits per heavy atom. The number of carbonyl (C=O) groups excluding carboxylic acids is 1. The summed E-state index contributed by atoms with van der Waals surface area (Å²) in [5.74, 6) is 0.755. The molecule has 0 atom stereocenters. The highest BCUT2D eigenvalue weighted by Crippen LogP contribution is 2.33. The minimum Gasteiger partial charge on any atom is -0.488 e. The second-order valence-electron chi connectivity index (χ2n) is 5.48. The number of methoxy groups -OCH3 is 1. The van der Waals surface area contributed by atoms with Gasteiger partial charge in [0.1, 0.15) is 11.4 Å². The standard InChI is InChI=1S/C16H22O3/c1-16(11-3-4-12-16)19-14-8-5-13(6-9-14)7-10-15(17)18-2/h5-6,8-9H,3-4,7,10-12H2,1-2H3. The number of carbonyl (C=O) groups is 1. The third kappa shape index (κ3) is 3.98. The highest BCUT2D eigenvalue weighted by molar-refractivity contribution is 5.69. The molecule has 0 N–H and O–H groups in total. The summed E-state index contributed by atoms with van der Waals surface area (Å²) >= 11 is 0. The maximum atomic E-state index is 11.1. The van der Waals surface area contributed by atoms with Crippen LogP contribution in [-0.2, 0) is 16.0 Å². The second kappa shape index (κ2) is 6.09. The summed E-state index contributed by atoms with van der Waals surface area (Å²) in [4.78, 5) is 11.1. The zero-order valence-corrected chi connectivity index (χ0v) is 11.8. The molecule has 0 bridgehead atoms. The van der Waals surface area contributed by atoms with Crippen LogP contribution in [-0.4, -0.2) is 18.7 Å². The minimum atomic E-state index is -0.168. The molecule has 2 rings (SSSR count). The summed E-state index contributed by atoms with van der Waals surface area (Å²) in [6.07, 6.45) is 5.92. The van der Waals surface area contributed by atoms with Gasteiger partial charge in [-0.1, -0.05) is 12.1 Å². The largest absolute Gasteiger partial charge is 0.488 e. The number of esters is 1. The van der Waals surface area contributed by atoms with Crippen LogP contribution in [0.2, 0.25) is 0 Å². The molecule has 0 radical (unpaired) electrons. The van der Waals surface area contributed by atoms with Crippen LogP contribution in [0.4, 0.5) is 0 Å². The Morgan fingerprint density at radius 3 is 2.42 bits per heavy atom. The van der Waals surface area contributed by atoms with E-state index in [2.05, 4.69) is 11.7 Å².